The lowest BCUT2D eigenvalue weighted by molar-refractivity contribution is -0.128. The molecule has 2 aromatic rings. The van der Waals surface area contributed by atoms with Gasteiger partial charge in [0.2, 0.25) is 11.8 Å². The van der Waals surface area contributed by atoms with Gasteiger partial charge in [0.05, 0.1) is 0 Å². The summed E-state index contributed by atoms with van der Waals surface area (Å²) in [6.07, 6.45) is 0. The minimum Gasteiger partial charge on any atom is -0.368 e. The first kappa shape index (κ1) is 22.0. The SMILES string of the molecule is Cc1cc(C)c(NC(=O)C[S@@](=O)CC(=O)N2CCN(c3ccccc3)CC2)c(C)c1. The van der Waals surface area contributed by atoms with Gasteiger partial charge in [-0.3, -0.25) is 13.8 Å². The molecule has 0 saturated carbocycles. The summed E-state index contributed by atoms with van der Waals surface area (Å²) in [4.78, 5) is 28.8. The normalized spacial score (nSPS) is 15.0. The summed E-state index contributed by atoms with van der Waals surface area (Å²) in [5, 5.41) is 2.85. The number of amides is 2. The smallest absolute Gasteiger partial charge is 0.237 e. The fourth-order valence-corrected chi connectivity index (χ4v) is 4.76. The molecule has 2 aromatic carbocycles. The van der Waals surface area contributed by atoms with E-state index in [2.05, 4.69) is 22.3 Å². The fraction of sp³-hybridized carbons (Fsp3) is 0.391. The van der Waals surface area contributed by atoms with Crippen molar-refractivity contribution in [3.05, 3.63) is 59.2 Å². The molecular formula is C23H29N3O3S. The van der Waals surface area contributed by atoms with Gasteiger partial charge in [-0.15, -0.1) is 0 Å². The molecule has 30 heavy (non-hydrogen) atoms. The van der Waals surface area contributed by atoms with E-state index in [1.165, 1.54) is 0 Å². The molecule has 1 atom stereocenters. The first-order chi connectivity index (χ1) is 14.3. The van der Waals surface area contributed by atoms with Crippen molar-refractivity contribution in [1.29, 1.82) is 0 Å². The minimum atomic E-state index is -1.53. The van der Waals surface area contributed by atoms with Crippen LogP contribution < -0.4 is 10.2 Å². The fourth-order valence-electron chi connectivity index (χ4n) is 3.83. The first-order valence-electron chi connectivity index (χ1n) is 10.1. The van der Waals surface area contributed by atoms with Crippen LogP contribution in [0.1, 0.15) is 16.7 Å². The lowest BCUT2D eigenvalue weighted by Crippen LogP contribution is -2.50. The lowest BCUT2D eigenvalue weighted by Gasteiger charge is -2.36. The third kappa shape index (κ3) is 5.69. The van der Waals surface area contributed by atoms with E-state index in [-0.39, 0.29) is 23.3 Å². The Balaban J connectivity index is 1.47. The largest absolute Gasteiger partial charge is 0.368 e. The highest BCUT2D eigenvalue weighted by atomic mass is 32.2. The Morgan fingerprint density at radius 3 is 2.13 bits per heavy atom. The average molecular weight is 428 g/mol. The molecule has 2 amide bonds. The molecule has 0 radical (unpaired) electrons. The number of hydrogen-bond donors (Lipinski definition) is 1. The van der Waals surface area contributed by atoms with E-state index >= 15 is 0 Å². The standard InChI is InChI=1S/C23H29N3O3S/c1-17-13-18(2)23(19(3)14-17)24-21(27)15-30(29)16-22(28)26-11-9-25(10-12-26)20-7-5-4-6-8-20/h4-8,13-14H,9-12,15-16H2,1-3H3,(H,24,27)/t30-/m1/s1. The molecule has 7 heteroatoms. The van der Waals surface area contributed by atoms with Crippen molar-refractivity contribution < 1.29 is 13.8 Å². The van der Waals surface area contributed by atoms with Crippen molar-refractivity contribution in [1.82, 2.24) is 4.90 Å². The van der Waals surface area contributed by atoms with E-state index in [0.29, 0.717) is 13.1 Å². The van der Waals surface area contributed by atoms with E-state index in [9.17, 15) is 13.8 Å². The number of carbonyl (C=O) groups is 2. The molecule has 3 rings (SSSR count). The number of para-hydroxylation sites is 1. The number of aryl methyl sites for hydroxylation is 3. The number of carbonyl (C=O) groups excluding carboxylic acids is 2. The van der Waals surface area contributed by atoms with Gasteiger partial charge in [0.25, 0.3) is 0 Å². The number of benzene rings is 2. The maximum absolute atomic E-state index is 12.5. The highest BCUT2D eigenvalue weighted by molar-refractivity contribution is 7.86. The molecule has 1 heterocycles. The predicted molar refractivity (Wildman–Crippen MR) is 122 cm³/mol. The third-order valence-corrected chi connectivity index (χ3v) is 6.42. The molecule has 0 aliphatic carbocycles. The highest BCUT2D eigenvalue weighted by Gasteiger charge is 2.23. The van der Waals surface area contributed by atoms with Crippen molar-refractivity contribution >= 4 is 34.0 Å². The Morgan fingerprint density at radius 2 is 1.53 bits per heavy atom. The first-order valence-corrected chi connectivity index (χ1v) is 11.6. The van der Waals surface area contributed by atoms with Crippen LogP contribution in [0.4, 0.5) is 11.4 Å². The third-order valence-electron chi connectivity index (χ3n) is 5.27. The van der Waals surface area contributed by atoms with Crippen LogP contribution in [0.25, 0.3) is 0 Å². The second-order valence-electron chi connectivity index (χ2n) is 7.75. The van der Waals surface area contributed by atoms with Crippen LogP contribution in [0, 0.1) is 20.8 Å². The van der Waals surface area contributed by atoms with E-state index in [1.54, 1.807) is 4.90 Å². The van der Waals surface area contributed by atoms with E-state index in [0.717, 1.165) is 41.2 Å². The predicted octanol–water partition coefficient (Wildman–Crippen LogP) is 2.65. The Labute approximate surface area is 180 Å². The summed E-state index contributed by atoms with van der Waals surface area (Å²) in [5.41, 5.74) is 4.97. The van der Waals surface area contributed by atoms with Gasteiger partial charge in [0.1, 0.15) is 11.5 Å². The number of rotatable bonds is 6. The summed E-state index contributed by atoms with van der Waals surface area (Å²) in [5.74, 6) is -0.783. The molecule has 1 N–H and O–H groups in total. The van der Waals surface area contributed by atoms with Crippen LogP contribution >= 0.6 is 0 Å². The van der Waals surface area contributed by atoms with Crippen molar-refractivity contribution in [2.24, 2.45) is 0 Å². The van der Waals surface area contributed by atoms with E-state index < -0.39 is 10.8 Å². The van der Waals surface area contributed by atoms with Gasteiger partial charge in [-0.25, -0.2) is 0 Å². The molecule has 0 bridgehead atoms. The van der Waals surface area contributed by atoms with Crippen LogP contribution in [0.2, 0.25) is 0 Å². The second kappa shape index (κ2) is 9.89. The number of anilines is 2. The van der Waals surface area contributed by atoms with Crippen LogP contribution in [-0.4, -0.2) is 58.6 Å². The van der Waals surface area contributed by atoms with E-state index in [1.807, 2.05) is 51.1 Å². The van der Waals surface area contributed by atoms with Gasteiger partial charge in [-0.05, 0) is 44.0 Å². The Hall–Kier alpha value is -2.67. The zero-order valence-electron chi connectivity index (χ0n) is 17.8. The van der Waals surface area contributed by atoms with Gasteiger partial charge in [0.15, 0.2) is 0 Å². The van der Waals surface area contributed by atoms with Gasteiger partial charge in [-0.1, -0.05) is 35.9 Å². The average Bonchev–Trinajstić information content (AvgIpc) is 2.71. The van der Waals surface area contributed by atoms with Gasteiger partial charge < -0.3 is 15.1 Å². The highest BCUT2D eigenvalue weighted by Crippen LogP contribution is 2.22. The topological polar surface area (TPSA) is 69.7 Å². The molecule has 6 nitrogen and oxygen atoms in total. The van der Waals surface area contributed by atoms with Crippen molar-refractivity contribution in [2.75, 3.05) is 47.9 Å². The van der Waals surface area contributed by atoms with Crippen LogP contribution in [0.15, 0.2) is 42.5 Å². The van der Waals surface area contributed by atoms with Crippen molar-refractivity contribution in [3.63, 3.8) is 0 Å². The van der Waals surface area contributed by atoms with Gasteiger partial charge in [-0.2, -0.15) is 0 Å². The lowest BCUT2D eigenvalue weighted by atomic mass is 10.1. The summed E-state index contributed by atoms with van der Waals surface area (Å²) >= 11 is 0. The molecule has 1 fully saturated rings. The van der Waals surface area contributed by atoms with Crippen molar-refractivity contribution in [3.8, 4) is 0 Å². The molecule has 1 saturated heterocycles. The summed E-state index contributed by atoms with van der Waals surface area (Å²) in [6, 6.07) is 14.1. The zero-order chi connectivity index (χ0) is 21.7. The second-order valence-corrected chi connectivity index (χ2v) is 9.21. The van der Waals surface area contributed by atoms with Crippen LogP contribution in [0.5, 0.6) is 0 Å². The molecule has 0 spiro atoms. The monoisotopic (exact) mass is 427 g/mol. The maximum Gasteiger partial charge on any atom is 0.237 e. The summed E-state index contributed by atoms with van der Waals surface area (Å²) in [6.45, 7) is 8.56. The summed E-state index contributed by atoms with van der Waals surface area (Å²) < 4.78 is 12.4. The molecule has 0 aromatic heterocycles. The Bertz CT molecular complexity index is 915. The molecule has 160 valence electrons. The van der Waals surface area contributed by atoms with E-state index in [4.69, 9.17) is 0 Å². The van der Waals surface area contributed by atoms with Crippen molar-refractivity contribution in [2.45, 2.75) is 20.8 Å². The summed E-state index contributed by atoms with van der Waals surface area (Å²) in [7, 11) is -1.53. The Morgan fingerprint density at radius 1 is 0.933 bits per heavy atom. The van der Waals surface area contributed by atoms with Crippen LogP contribution in [0.3, 0.4) is 0 Å². The van der Waals surface area contributed by atoms with Gasteiger partial charge >= 0.3 is 0 Å². The molecule has 0 unspecified atom stereocenters. The zero-order valence-corrected chi connectivity index (χ0v) is 18.6. The number of hydrogen-bond acceptors (Lipinski definition) is 4. The number of piperazine rings is 1. The minimum absolute atomic E-state index is 0.120. The molecular weight excluding hydrogens is 398 g/mol. The quantitative estimate of drug-likeness (QED) is 0.770. The number of nitrogens with one attached hydrogen (secondary N) is 1. The maximum atomic E-state index is 12.5. The number of nitrogens with zero attached hydrogens (tertiary/aromatic N) is 2. The Kier molecular flexibility index (Phi) is 7.26. The molecule has 1 aliphatic rings. The van der Waals surface area contributed by atoms with Gasteiger partial charge in [0, 0.05) is 48.4 Å². The molecule has 1 aliphatic heterocycles. The van der Waals surface area contributed by atoms with Crippen LogP contribution in [-0.2, 0) is 20.4 Å².